The molecule has 1 aromatic carbocycles. The molecule has 0 unspecified atom stereocenters. The molecule has 33 heavy (non-hydrogen) atoms. The zero-order valence-corrected chi connectivity index (χ0v) is 17.3. The molecule has 4 rings (SSSR count). The highest BCUT2D eigenvalue weighted by Crippen LogP contribution is 2.30. The van der Waals surface area contributed by atoms with Crippen molar-refractivity contribution in [3.8, 4) is 17.4 Å². The molecule has 8 nitrogen and oxygen atoms in total. The summed E-state index contributed by atoms with van der Waals surface area (Å²) in [5.41, 5.74) is -0.700. The Kier molecular flexibility index (Phi) is 5.86. The van der Waals surface area contributed by atoms with Crippen LogP contribution in [0.25, 0.3) is 17.4 Å². The topological polar surface area (TPSA) is 106 Å². The number of amides is 1. The molecule has 3 heterocycles. The Bertz CT molecular complexity index is 1340. The van der Waals surface area contributed by atoms with Crippen molar-refractivity contribution in [3.63, 3.8) is 0 Å². The quantitative estimate of drug-likeness (QED) is 0.445. The van der Waals surface area contributed by atoms with E-state index in [1.54, 1.807) is 12.1 Å². The van der Waals surface area contributed by atoms with Crippen LogP contribution in [-0.4, -0.2) is 25.7 Å². The third-order valence-corrected chi connectivity index (χ3v) is 4.67. The number of benzene rings is 1. The summed E-state index contributed by atoms with van der Waals surface area (Å²) in [5, 5.41) is 6.91. The van der Waals surface area contributed by atoms with E-state index in [2.05, 4.69) is 20.4 Å². The molecule has 170 valence electrons. The molecular formula is C22H18F3N5O3. The minimum absolute atomic E-state index is 0.0445. The number of carbonyl (C=O) groups excluding carboxylic acids is 1. The fraction of sp³-hybridized carbons (Fsp3) is 0.182. The molecule has 0 bridgehead atoms. The van der Waals surface area contributed by atoms with Crippen LogP contribution in [0.5, 0.6) is 0 Å². The van der Waals surface area contributed by atoms with Crippen molar-refractivity contribution in [2.75, 3.05) is 5.32 Å². The largest absolute Gasteiger partial charge is 0.463 e. The van der Waals surface area contributed by atoms with Crippen LogP contribution < -0.4 is 10.9 Å². The Hall–Kier alpha value is -4.15. The summed E-state index contributed by atoms with van der Waals surface area (Å²) >= 11 is 0. The van der Waals surface area contributed by atoms with Gasteiger partial charge in [-0.1, -0.05) is 19.4 Å². The van der Waals surface area contributed by atoms with E-state index < -0.39 is 23.2 Å². The number of aryl methyl sites for hydroxylation is 1. The van der Waals surface area contributed by atoms with Gasteiger partial charge in [0, 0.05) is 23.4 Å². The van der Waals surface area contributed by atoms with Crippen molar-refractivity contribution in [2.45, 2.75) is 25.9 Å². The van der Waals surface area contributed by atoms with Crippen LogP contribution in [0.15, 0.2) is 64.0 Å². The van der Waals surface area contributed by atoms with E-state index in [1.165, 1.54) is 29.1 Å². The molecular weight excluding hydrogens is 439 g/mol. The fourth-order valence-electron chi connectivity index (χ4n) is 3.18. The maximum atomic E-state index is 13.0. The minimum atomic E-state index is -4.59. The van der Waals surface area contributed by atoms with Crippen molar-refractivity contribution in [2.24, 2.45) is 0 Å². The van der Waals surface area contributed by atoms with Crippen LogP contribution in [0.1, 0.15) is 35.0 Å². The van der Waals surface area contributed by atoms with E-state index in [9.17, 15) is 22.8 Å². The van der Waals surface area contributed by atoms with Gasteiger partial charge in [-0.15, -0.1) is 0 Å². The van der Waals surface area contributed by atoms with Gasteiger partial charge in [0.2, 0.25) is 5.95 Å². The summed E-state index contributed by atoms with van der Waals surface area (Å²) in [7, 11) is 0. The zero-order chi connectivity index (χ0) is 23.6. The van der Waals surface area contributed by atoms with Gasteiger partial charge in [-0.25, -0.2) is 4.98 Å². The molecule has 0 fully saturated rings. The summed E-state index contributed by atoms with van der Waals surface area (Å²) in [6, 6.07) is 10.2. The summed E-state index contributed by atoms with van der Waals surface area (Å²) in [6.07, 6.45) is -1.84. The van der Waals surface area contributed by atoms with Crippen molar-refractivity contribution >= 4 is 11.7 Å². The van der Waals surface area contributed by atoms with E-state index >= 15 is 0 Å². The fourth-order valence-corrected chi connectivity index (χ4v) is 3.18. The lowest BCUT2D eigenvalue weighted by Crippen LogP contribution is -2.19. The standard InChI is InChI=1S/C22H18F3N5O3/c1-2-5-15-11-19(31)28-21(26-15)30-18(12-16(29-30)17-8-4-9-33-17)27-20(32)13-6-3-7-14(10-13)22(23,24)25/h3-4,6-12H,2,5H2,1H3,(H,27,32)(H,26,28,31). The maximum Gasteiger partial charge on any atom is 0.416 e. The molecule has 4 aromatic rings. The minimum Gasteiger partial charge on any atom is -0.463 e. The maximum absolute atomic E-state index is 13.0. The summed E-state index contributed by atoms with van der Waals surface area (Å²) < 4.78 is 45.7. The second kappa shape index (κ2) is 8.77. The molecule has 0 saturated carbocycles. The number of aromatic amines is 1. The summed E-state index contributed by atoms with van der Waals surface area (Å²) in [4.78, 5) is 31.9. The van der Waals surface area contributed by atoms with Crippen LogP contribution >= 0.6 is 0 Å². The first kappa shape index (κ1) is 22.1. The number of H-pyrrole nitrogens is 1. The van der Waals surface area contributed by atoms with Gasteiger partial charge in [0.25, 0.3) is 11.5 Å². The molecule has 3 aromatic heterocycles. The number of nitrogens with one attached hydrogen (secondary N) is 2. The molecule has 0 aliphatic heterocycles. The second-order valence-electron chi connectivity index (χ2n) is 7.15. The van der Waals surface area contributed by atoms with Gasteiger partial charge < -0.3 is 9.73 Å². The lowest BCUT2D eigenvalue weighted by atomic mass is 10.1. The number of nitrogens with zero attached hydrogens (tertiary/aromatic N) is 3. The van der Waals surface area contributed by atoms with E-state index in [0.29, 0.717) is 23.6 Å². The molecule has 0 atom stereocenters. The number of hydrogen-bond donors (Lipinski definition) is 2. The van der Waals surface area contributed by atoms with Crippen molar-refractivity contribution in [1.29, 1.82) is 0 Å². The molecule has 0 saturated heterocycles. The van der Waals surface area contributed by atoms with Crippen LogP contribution in [0.2, 0.25) is 0 Å². The van der Waals surface area contributed by atoms with Crippen LogP contribution in [-0.2, 0) is 12.6 Å². The molecule has 11 heteroatoms. The summed E-state index contributed by atoms with van der Waals surface area (Å²) in [6.45, 7) is 1.94. The van der Waals surface area contributed by atoms with Crippen molar-refractivity contribution in [3.05, 3.63) is 82.0 Å². The van der Waals surface area contributed by atoms with Gasteiger partial charge in [0.05, 0.1) is 11.8 Å². The third-order valence-electron chi connectivity index (χ3n) is 4.67. The third kappa shape index (κ3) is 4.86. The van der Waals surface area contributed by atoms with Crippen LogP contribution in [0.3, 0.4) is 0 Å². The molecule has 1 amide bonds. The molecule has 0 aliphatic carbocycles. The van der Waals surface area contributed by atoms with E-state index in [-0.39, 0.29) is 17.3 Å². The predicted octanol–water partition coefficient (Wildman–Crippen LogP) is 4.44. The molecule has 2 N–H and O–H groups in total. The molecule has 0 radical (unpaired) electrons. The van der Waals surface area contributed by atoms with Gasteiger partial charge in [0.15, 0.2) is 5.76 Å². The number of anilines is 1. The smallest absolute Gasteiger partial charge is 0.416 e. The number of aromatic nitrogens is 4. The monoisotopic (exact) mass is 457 g/mol. The average Bonchev–Trinajstić information content (AvgIpc) is 3.43. The zero-order valence-electron chi connectivity index (χ0n) is 17.3. The number of halogens is 3. The molecule has 0 spiro atoms. The van der Waals surface area contributed by atoms with E-state index in [1.807, 2.05) is 6.92 Å². The second-order valence-corrected chi connectivity index (χ2v) is 7.15. The van der Waals surface area contributed by atoms with Crippen molar-refractivity contribution in [1.82, 2.24) is 19.7 Å². The van der Waals surface area contributed by atoms with Gasteiger partial charge in [-0.05, 0) is 36.8 Å². The predicted molar refractivity (Wildman–Crippen MR) is 113 cm³/mol. The Morgan fingerprint density at radius 1 is 1.18 bits per heavy atom. The van der Waals surface area contributed by atoms with E-state index in [4.69, 9.17) is 4.42 Å². The van der Waals surface area contributed by atoms with E-state index in [0.717, 1.165) is 24.6 Å². The Balaban J connectivity index is 1.75. The Morgan fingerprint density at radius 3 is 2.70 bits per heavy atom. The Morgan fingerprint density at radius 2 is 2.00 bits per heavy atom. The highest BCUT2D eigenvalue weighted by Gasteiger charge is 2.31. The number of carbonyl (C=O) groups is 1. The number of furan rings is 1. The van der Waals surface area contributed by atoms with Gasteiger partial charge in [0.1, 0.15) is 11.5 Å². The number of rotatable bonds is 6. The average molecular weight is 457 g/mol. The van der Waals surface area contributed by atoms with Crippen molar-refractivity contribution < 1.29 is 22.4 Å². The lowest BCUT2D eigenvalue weighted by molar-refractivity contribution is -0.137. The first-order valence-electron chi connectivity index (χ1n) is 9.98. The number of hydrogen-bond acceptors (Lipinski definition) is 5. The highest BCUT2D eigenvalue weighted by atomic mass is 19.4. The van der Waals surface area contributed by atoms with Gasteiger partial charge in [-0.3, -0.25) is 14.6 Å². The number of alkyl halides is 3. The normalized spacial score (nSPS) is 11.5. The summed E-state index contributed by atoms with van der Waals surface area (Å²) in [5.74, 6) is -0.278. The van der Waals surface area contributed by atoms with Crippen LogP contribution in [0.4, 0.5) is 19.0 Å². The Labute approximate surface area is 185 Å². The van der Waals surface area contributed by atoms with Gasteiger partial charge >= 0.3 is 6.18 Å². The lowest BCUT2D eigenvalue weighted by Gasteiger charge is -2.10. The SMILES string of the molecule is CCCc1cc(=O)[nH]c(-n2nc(-c3ccco3)cc2NC(=O)c2cccc(C(F)(F)F)c2)n1. The highest BCUT2D eigenvalue weighted by molar-refractivity contribution is 6.04. The molecule has 0 aliphatic rings. The van der Waals surface area contributed by atoms with Crippen LogP contribution in [0, 0.1) is 0 Å². The first-order chi connectivity index (χ1) is 15.7. The van der Waals surface area contributed by atoms with Gasteiger partial charge in [-0.2, -0.15) is 23.0 Å². The first-order valence-corrected chi connectivity index (χ1v) is 9.98.